The Morgan fingerprint density at radius 1 is 0.725 bits per heavy atom. The van der Waals surface area contributed by atoms with E-state index < -0.39 is 0 Å². The van der Waals surface area contributed by atoms with E-state index >= 15 is 0 Å². The molecule has 1 atom stereocenters. The summed E-state index contributed by atoms with van der Waals surface area (Å²) in [4.78, 5) is 6.35. The Hall–Kier alpha value is -3.06. The maximum atomic E-state index is 10.3. The molecule has 5 nitrogen and oxygen atoms in total. The minimum Gasteiger partial charge on any atom is -0.508 e. The molecule has 2 fully saturated rings. The fraction of sp³-hybridized carbons (Fsp3) is 0.412. The number of piperidine rings is 1. The number of rotatable bonds is 8. The Morgan fingerprint density at radius 2 is 1.38 bits per heavy atom. The molecule has 2 aliphatic heterocycles. The third kappa shape index (κ3) is 6.14. The average molecular weight is 557 g/mol. The van der Waals surface area contributed by atoms with Crippen molar-refractivity contribution in [2.24, 2.45) is 0 Å². The second-order valence-electron chi connectivity index (χ2n) is 11.2. The number of hydrogen-bond acceptors (Lipinski definition) is 6. The summed E-state index contributed by atoms with van der Waals surface area (Å²) in [5.74, 6) is 1.48. The fourth-order valence-corrected chi connectivity index (χ4v) is 7.61. The highest BCUT2D eigenvalue weighted by molar-refractivity contribution is 7.22. The first-order valence-electron chi connectivity index (χ1n) is 14.9. The second kappa shape index (κ2) is 12.6. The van der Waals surface area contributed by atoms with Crippen molar-refractivity contribution >= 4 is 21.4 Å². The van der Waals surface area contributed by atoms with Crippen LogP contribution in [0.5, 0.6) is 17.2 Å². The molecular weight excluding hydrogens is 516 g/mol. The van der Waals surface area contributed by atoms with E-state index in [1.165, 1.54) is 79.4 Å². The molecule has 1 aromatic heterocycles. The minimum absolute atomic E-state index is 0.0857. The molecule has 6 heteroatoms. The van der Waals surface area contributed by atoms with Crippen molar-refractivity contribution in [1.29, 1.82) is 0 Å². The molecule has 0 spiro atoms. The van der Waals surface area contributed by atoms with Crippen molar-refractivity contribution < 1.29 is 14.9 Å². The van der Waals surface area contributed by atoms with Gasteiger partial charge in [-0.3, -0.25) is 9.80 Å². The lowest BCUT2D eigenvalue weighted by Gasteiger charge is -2.32. The Bertz CT molecular complexity index is 1390. The number of phenols is 2. The fourth-order valence-electron chi connectivity index (χ4n) is 6.34. The van der Waals surface area contributed by atoms with Gasteiger partial charge in [-0.25, -0.2) is 0 Å². The van der Waals surface area contributed by atoms with Gasteiger partial charge in [-0.05, 0) is 123 Å². The van der Waals surface area contributed by atoms with Gasteiger partial charge < -0.3 is 14.9 Å². The van der Waals surface area contributed by atoms with Gasteiger partial charge in [-0.1, -0.05) is 31.4 Å². The average Bonchev–Trinajstić information content (AvgIpc) is 3.13. The number of aromatic hydroxyl groups is 2. The van der Waals surface area contributed by atoms with Crippen molar-refractivity contribution in [2.75, 3.05) is 39.3 Å². The number of likely N-dealkylation sites (tertiary alicyclic amines) is 2. The van der Waals surface area contributed by atoms with Gasteiger partial charge in [0.1, 0.15) is 23.9 Å². The van der Waals surface area contributed by atoms with Gasteiger partial charge in [-0.15, -0.1) is 11.3 Å². The van der Waals surface area contributed by atoms with E-state index in [9.17, 15) is 10.2 Å². The zero-order valence-corrected chi connectivity index (χ0v) is 24.0. The molecule has 0 bridgehead atoms. The Labute approximate surface area is 241 Å². The smallest absolute Gasteiger partial charge is 0.119 e. The minimum atomic E-state index is 0.0857. The molecule has 2 aliphatic rings. The summed E-state index contributed by atoms with van der Waals surface area (Å²) in [6, 6.07) is 22.1. The molecule has 1 unspecified atom stereocenters. The van der Waals surface area contributed by atoms with Crippen LogP contribution < -0.4 is 4.74 Å². The Kier molecular flexibility index (Phi) is 8.57. The number of phenolic OH excluding ortho intramolecular Hbond substituents is 2. The van der Waals surface area contributed by atoms with Crippen LogP contribution in [-0.2, 0) is 0 Å². The van der Waals surface area contributed by atoms with E-state index in [1.807, 2.05) is 18.2 Å². The predicted molar refractivity (Wildman–Crippen MR) is 165 cm³/mol. The third-order valence-corrected chi connectivity index (χ3v) is 9.66. The largest absolute Gasteiger partial charge is 0.508 e. The van der Waals surface area contributed by atoms with Crippen LogP contribution in [0.25, 0.3) is 20.5 Å². The number of thiophene rings is 1. The molecule has 3 aromatic carbocycles. The van der Waals surface area contributed by atoms with E-state index in [0.29, 0.717) is 0 Å². The number of ether oxygens (including phenoxy) is 1. The van der Waals surface area contributed by atoms with Crippen LogP contribution in [0.15, 0.2) is 66.7 Å². The first kappa shape index (κ1) is 27.1. The highest BCUT2D eigenvalue weighted by atomic mass is 32.1. The van der Waals surface area contributed by atoms with Gasteiger partial charge in [0, 0.05) is 21.7 Å². The van der Waals surface area contributed by atoms with Gasteiger partial charge in [-0.2, -0.15) is 0 Å². The summed E-state index contributed by atoms with van der Waals surface area (Å²) >= 11 is 1.72. The molecule has 2 N–H and O–H groups in total. The van der Waals surface area contributed by atoms with E-state index in [2.05, 4.69) is 40.1 Å². The zero-order chi connectivity index (χ0) is 27.3. The van der Waals surface area contributed by atoms with E-state index in [4.69, 9.17) is 4.74 Å². The molecule has 6 rings (SSSR count). The summed E-state index contributed by atoms with van der Waals surface area (Å²) in [6.45, 7) is 6.21. The SMILES string of the molecule is Oc1ccc(-c2sc3cc(O)ccc3c2C(c2ccc(OCCN3CCCCC3)cc2)N2CCCCCC2)cc1. The predicted octanol–water partition coefficient (Wildman–Crippen LogP) is 7.81. The molecular formula is C34H40N2O3S. The quantitative estimate of drug-likeness (QED) is 0.232. The molecule has 3 heterocycles. The Morgan fingerprint density at radius 3 is 2.10 bits per heavy atom. The topological polar surface area (TPSA) is 56.2 Å². The summed E-state index contributed by atoms with van der Waals surface area (Å²) < 4.78 is 7.26. The maximum Gasteiger partial charge on any atom is 0.119 e. The van der Waals surface area contributed by atoms with Crippen molar-refractivity contribution in [3.63, 3.8) is 0 Å². The van der Waals surface area contributed by atoms with Gasteiger partial charge in [0.25, 0.3) is 0 Å². The van der Waals surface area contributed by atoms with Crippen molar-refractivity contribution in [3.8, 4) is 27.7 Å². The first-order valence-corrected chi connectivity index (χ1v) is 15.7. The molecule has 0 aliphatic carbocycles. The maximum absolute atomic E-state index is 10.3. The lowest BCUT2D eigenvalue weighted by atomic mass is 9.92. The van der Waals surface area contributed by atoms with E-state index in [0.717, 1.165) is 42.3 Å². The van der Waals surface area contributed by atoms with Gasteiger partial charge in [0.05, 0.1) is 6.04 Å². The van der Waals surface area contributed by atoms with Crippen molar-refractivity contribution in [2.45, 2.75) is 51.0 Å². The molecule has 40 heavy (non-hydrogen) atoms. The van der Waals surface area contributed by atoms with Crippen LogP contribution >= 0.6 is 11.3 Å². The number of fused-ring (bicyclic) bond motifs is 1. The number of benzene rings is 3. The lowest BCUT2D eigenvalue weighted by Crippen LogP contribution is -2.33. The van der Waals surface area contributed by atoms with Crippen LogP contribution in [0.3, 0.4) is 0 Å². The van der Waals surface area contributed by atoms with E-state index in [-0.39, 0.29) is 17.5 Å². The lowest BCUT2D eigenvalue weighted by molar-refractivity contribution is 0.183. The third-order valence-electron chi connectivity index (χ3n) is 8.44. The van der Waals surface area contributed by atoms with Crippen LogP contribution in [0.4, 0.5) is 0 Å². The van der Waals surface area contributed by atoms with Crippen LogP contribution in [0, 0.1) is 0 Å². The monoisotopic (exact) mass is 556 g/mol. The Balaban J connectivity index is 1.36. The van der Waals surface area contributed by atoms with Crippen LogP contribution in [-0.4, -0.2) is 59.3 Å². The van der Waals surface area contributed by atoms with Crippen LogP contribution in [0.2, 0.25) is 0 Å². The number of nitrogens with zero attached hydrogens (tertiary/aromatic N) is 2. The van der Waals surface area contributed by atoms with E-state index in [1.54, 1.807) is 29.5 Å². The first-order chi connectivity index (χ1) is 19.7. The summed E-state index contributed by atoms with van der Waals surface area (Å²) in [7, 11) is 0. The van der Waals surface area contributed by atoms with Crippen molar-refractivity contribution in [3.05, 3.63) is 77.9 Å². The van der Waals surface area contributed by atoms with Crippen LogP contribution in [0.1, 0.15) is 62.1 Å². The van der Waals surface area contributed by atoms with Gasteiger partial charge >= 0.3 is 0 Å². The summed E-state index contributed by atoms with van der Waals surface area (Å²) in [5, 5.41) is 21.5. The molecule has 0 radical (unpaired) electrons. The normalized spacial score (nSPS) is 18.0. The standard InChI is InChI=1S/C34H40N2O3S/c37-27-12-8-26(9-13-27)34-32(30-17-14-28(38)24-31(30)40-34)33(36-20-6-1-2-7-21-36)25-10-15-29(16-11-25)39-23-22-35-18-4-3-5-19-35/h8-17,24,33,37-38H,1-7,18-23H2. The summed E-state index contributed by atoms with van der Waals surface area (Å²) in [6.07, 6.45) is 8.90. The zero-order valence-electron chi connectivity index (χ0n) is 23.2. The highest BCUT2D eigenvalue weighted by Gasteiger charge is 2.29. The molecule has 0 amide bonds. The van der Waals surface area contributed by atoms with Crippen molar-refractivity contribution in [1.82, 2.24) is 9.80 Å². The van der Waals surface area contributed by atoms with Gasteiger partial charge in [0.15, 0.2) is 0 Å². The molecule has 2 saturated heterocycles. The number of hydrogen-bond donors (Lipinski definition) is 2. The van der Waals surface area contributed by atoms with Gasteiger partial charge in [0.2, 0.25) is 0 Å². The summed E-state index contributed by atoms with van der Waals surface area (Å²) in [5.41, 5.74) is 3.63. The second-order valence-corrected chi connectivity index (χ2v) is 12.3. The molecule has 0 saturated carbocycles. The molecule has 4 aromatic rings. The molecule has 210 valence electrons. The highest BCUT2D eigenvalue weighted by Crippen LogP contribution is 2.47.